The van der Waals surface area contributed by atoms with Crippen molar-refractivity contribution in [2.45, 2.75) is 33.2 Å². The van der Waals surface area contributed by atoms with Gasteiger partial charge in [-0.3, -0.25) is 4.79 Å². The summed E-state index contributed by atoms with van der Waals surface area (Å²) in [4.78, 5) is 10.8. The minimum atomic E-state index is -0.131. The molecule has 0 aliphatic carbocycles. The van der Waals surface area contributed by atoms with Gasteiger partial charge in [0.2, 0.25) is 0 Å². The van der Waals surface area contributed by atoms with Crippen molar-refractivity contribution in [2.75, 3.05) is 13.7 Å². The fourth-order valence-electron chi connectivity index (χ4n) is 0.877. The largest absolute Gasteiger partial charge is 0.469 e. The topological polar surface area (TPSA) is 38.3 Å². The first-order valence-electron chi connectivity index (χ1n) is 4.36. The quantitative estimate of drug-likeness (QED) is 0.634. The number of nitrogens with one attached hydrogen (secondary N) is 1. The Hall–Kier alpha value is -0.570. The lowest BCUT2D eigenvalue weighted by Crippen LogP contribution is -2.28. The predicted molar refractivity (Wildman–Crippen MR) is 48.9 cm³/mol. The number of hydrogen-bond donors (Lipinski definition) is 1. The number of methoxy groups -OCH3 is 1. The maximum Gasteiger partial charge on any atom is 0.305 e. The van der Waals surface area contributed by atoms with Gasteiger partial charge in [-0.2, -0.15) is 0 Å². The van der Waals surface area contributed by atoms with E-state index in [2.05, 4.69) is 23.9 Å². The number of ether oxygens (including phenoxy) is 1. The third-order valence-electron chi connectivity index (χ3n) is 1.62. The number of rotatable bonds is 5. The van der Waals surface area contributed by atoms with E-state index in [1.165, 1.54) is 7.11 Å². The third kappa shape index (κ3) is 6.16. The molecule has 0 saturated carbocycles. The molecule has 1 atom stereocenters. The number of carbonyl (C=O) groups is 1. The molecule has 72 valence electrons. The summed E-state index contributed by atoms with van der Waals surface area (Å²) < 4.78 is 4.56. The lowest BCUT2D eigenvalue weighted by atomic mass is 10.1. The molecule has 0 aromatic rings. The van der Waals surface area contributed by atoms with E-state index < -0.39 is 0 Å². The molecule has 0 saturated heterocycles. The van der Waals surface area contributed by atoms with Crippen molar-refractivity contribution in [3.63, 3.8) is 0 Å². The summed E-state index contributed by atoms with van der Waals surface area (Å²) in [5.74, 6) is 0.216. The second-order valence-corrected chi connectivity index (χ2v) is 3.45. The van der Waals surface area contributed by atoms with Gasteiger partial charge in [-0.15, -0.1) is 0 Å². The summed E-state index contributed by atoms with van der Waals surface area (Å²) in [5.41, 5.74) is 0. The van der Waals surface area contributed by atoms with Gasteiger partial charge in [-0.05, 0) is 12.5 Å². The Kier molecular flexibility index (Phi) is 5.72. The van der Waals surface area contributed by atoms with Crippen LogP contribution >= 0.6 is 0 Å². The molecule has 0 aliphatic heterocycles. The van der Waals surface area contributed by atoms with Crippen LogP contribution in [0.4, 0.5) is 0 Å². The van der Waals surface area contributed by atoms with Gasteiger partial charge in [0.25, 0.3) is 0 Å². The van der Waals surface area contributed by atoms with E-state index in [4.69, 9.17) is 0 Å². The van der Waals surface area contributed by atoms with Gasteiger partial charge in [-0.1, -0.05) is 20.8 Å². The molecule has 0 aliphatic rings. The van der Waals surface area contributed by atoms with Crippen LogP contribution in [0, 0.1) is 5.92 Å². The van der Waals surface area contributed by atoms with Gasteiger partial charge < -0.3 is 10.1 Å². The van der Waals surface area contributed by atoms with E-state index in [0.717, 1.165) is 6.54 Å². The number of hydrogen-bond acceptors (Lipinski definition) is 3. The number of carbonyl (C=O) groups excluding carboxylic acids is 1. The van der Waals surface area contributed by atoms with Crippen molar-refractivity contribution in [3.05, 3.63) is 0 Å². The highest BCUT2D eigenvalue weighted by atomic mass is 16.5. The molecular formula is C9H19NO2. The molecule has 3 nitrogen and oxygen atoms in total. The van der Waals surface area contributed by atoms with Crippen LogP contribution in [0.1, 0.15) is 27.2 Å². The Morgan fingerprint density at radius 1 is 1.42 bits per heavy atom. The van der Waals surface area contributed by atoms with Gasteiger partial charge >= 0.3 is 5.97 Å². The monoisotopic (exact) mass is 173 g/mol. The minimum Gasteiger partial charge on any atom is -0.469 e. The molecule has 0 radical (unpaired) electrons. The lowest BCUT2D eigenvalue weighted by Gasteiger charge is -2.13. The van der Waals surface area contributed by atoms with E-state index >= 15 is 0 Å². The molecule has 0 heterocycles. The van der Waals surface area contributed by atoms with Crippen LogP contribution in [0.5, 0.6) is 0 Å². The van der Waals surface area contributed by atoms with Gasteiger partial charge in [-0.25, -0.2) is 0 Å². The molecule has 3 heteroatoms. The SMILES string of the molecule is COC(=O)CC(C)CNC(C)C. The fourth-order valence-corrected chi connectivity index (χ4v) is 0.877. The molecule has 12 heavy (non-hydrogen) atoms. The second kappa shape index (κ2) is 6.00. The smallest absolute Gasteiger partial charge is 0.305 e. The lowest BCUT2D eigenvalue weighted by molar-refractivity contribution is -0.141. The Bertz CT molecular complexity index is 134. The fraction of sp³-hybridized carbons (Fsp3) is 0.889. The Morgan fingerprint density at radius 2 is 2.00 bits per heavy atom. The van der Waals surface area contributed by atoms with Crippen LogP contribution in [0.2, 0.25) is 0 Å². The van der Waals surface area contributed by atoms with Crippen molar-refractivity contribution in [3.8, 4) is 0 Å². The van der Waals surface area contributed by atoms with E-state index in [1.807, 2.05) is 6.92 Å². The normalized spacial score (nSPS) is 13.1. The maximum atomic E-state index is 10.8. The summed E-state index contributed by atoms with van der Waals surface area (Å²) in [6.07, 6.45) is 0.496. The summed E-state index contributed by atoms with van der Waals surface area (Å²) in [5, 5.41) is 3.27. The summed E-state index contributed by atoms with van der Waals surface area (Å²) >= 11 is 0. The van der Waals surface area contributed by atoms with Gasteiger partial charge in [0.15, 0.2) is 0 Å². The van der Waals surface area contributed by atoms with Crippen LogP contribution < -0.4 is 5.32 Å². The van der Waals surface area contributed by atoms with Gasteiger partial charge in [0.1, 0.15) is 0 Å². The van der Waals surface area contributed by atoms with E-state index in [-0.39, 0.29) is 5.97 Å². The molecule has 0 fully saturated rings. The van der Waals surface area contributed by atoms with Crippen LogP contribution in [-0.2, 0) is 9.53 Å². The molecule has 0 aromatic heterocycles. The Balaban J connectivity index is 3.45. The van der Waals surface area contributed by atoms with Crippen molar-refractivity contribution < 1.29 is 9.53 Å². The van der Waals surface area contributed by atoms with Gasteiger partial charge in [0.05, 0.1) is 7.11 Å². The van der Waals surface area contributed by atoms with Crippen LogP contribution in [0.25, 0.3) is 0 Å². The van der Waals surface area contributed by atoms with Crippen molar-refractivity contribution in [1.82, 2.24) is 5.32 Å². The molecule has 0 spiro atoms. The molecule has 0 amide bonds. The zero-order valence-corrected chi connectivity index (χ0v) is 8.39. The first kappa shape index (κ1) is 11.4. The average molecular weight is 173 g/mol. The molecule has 0 aromatic carbocycles. The van der Waals surface area contributed by atoms with E-state index in [9.17, 15) is 4.79 Å². The highest BCUT2D eigenvalue weighted by Crippen LogP contribution is 2.01. The standard InChI is InChI=1S/C9H19NO2/c1-7(2)10-6-8(3)5-9(11)12-4/h7-8,10H,5-6H2,1-4H3. The van der Waals surface area contributed by atoms with Crippen molar-refractivity contribution >= 4 is 5.97 Å². The van der Waals surface area contributed by atoms with Crippen molar-refractivity contribution in [1.29, 1.82) is 0 Å². The van der Waals surface area contributed by atoms with Crippen LogP contribution in [0.3, 0.4) is 0 Å². The maximum absolute atomic E-state index is 10.8. The zero-order chi connectivity index (χ0) is 9.56. The predicted octanol–water partition coefficient (Wildman–Crippen LogP) is 1.18. The molecule has 1 N–H and O–H groups in total. The summed E-state index contributed by atoms with van der Waals surface area (Å²) in [6.45, 7) is 7.08. The number of esters is 1. The zero-order valence-electron chi connectivity index (χ0n) is 8.39. The van der Waals surface area contributed by atoms with E-state index in [1.54, 1.807) is 0 Å². The molecule has 0 rings (SSSR count). The summed E-state index contributed by atoms with van der Waals surface area (Å²) in [6, 6.07) is 0.477. The van der Waals surface area contributed by atoms with Crippen LogP contribution in [0.15, 0.2) is 0 Å². The highest BCUT2D eigenvalue weighted by molar-refractivity contribution is 5.69. The van der Waals surface area contributed by atoms with Crippen LogP contribution in [-0.4, -0.2) is 25.7 Å². The molecule has 0 bridgehead atoms. The molecule has 1 unspecified atom stereocenters. The van der Waals surface area contributed by atoms with Crippen molar-refractivity contribution in [2.24, 2.45) is 5.92 Å². The third-order valence-corrected chi connectivity index (χ3v) is 1.62. The average Bonchev–Trinajstić information content (AvgIpc) is 2.00. The first-order chi connectivity index (χ1) is 5.56. The first-order valence-corrected chi connectivity index (χ1v) is 4.36. The minimum absolute atomic E-state index is 0.131. The Morgan fingerprint density at radius 3 is 2.42 bits per heavy atom. The summed E-state index contributed by atoms with van der Waals surface area (Å²) in [7, 11) is 1.42. The van der Waals surface area contributed by atoms with Gasteiger partial charge in [0, 0.05) is 12.5 Å². The molecular weight excluding hydrogens is 154 g/mol. The highest BCUT2D eigenvalue weighted by Gasteiger charge is 2.08. The Labute approximate surface area is 74.5 Å². The van der Waals surface area contributed by atoms with E-state index in [0.29, 0.717) is 18.4 Å². The second-order valence-electron chi connectivity index (χ2n) is 3.45.